The molecule has 188 valence electrons. The molecule has 0 spiro atoms. The number of hydrogen-bond acceptors (Lipinski definition) is 5. The number of aryl methyl sites for hydroxylation is 1. The van der Waals surface area contributed by atoms with Crippen molar-refractivity contribution in [2.24, 2.45) is 0 Å². The lowest BCUT2D eigenvalue weighted by Gasteiger charge is -2.29. The average molecular weight is 501 g/mol. The summed E-state index contributed by atoms with van der Waals surface area (Å²) in [7, 11) is 0. The van der Waals surface area contributed by atoms with Gasteiger partial charge in [0.05, 0.1) is 18.0 Å². The van der Waals surface area contributed by atoms with Crippen molar-refractivity contribution >= 4 is 5.65 Å². The average Bonchev–Trinajstić information content (AvgIpc) is 3.30. The number of fused-ring (bicyclic) bond motifs is 1. The second-order valence-electron chi connectivity index (χ2n) is 8.93. The highest BCUT2D eigenvalue weighted by Crippen LogP contribution is 2.38. The van der Waals surface area contributed by atoms with E-state index in [0.29, 0.717) is 42.0 Å². The number of aromatic nitrogens is 5. The Labute approximate surface area is 203 Å². The molecule has 36 heavy (non-hydrogen) atoms. The van der Waals surface area contributed by atoms with Crippen LogP contribution in [0.4, 0.5) is 17.6 Å². The summed E-state index contributed by atoms with van der Waals surface area (Å²) in [5.41, 5.74) is 2.17. The Morgan fingerprint density at radius 2 is 1.97 bits per heavy atom. The molecule has 1 fully saturated rings. The van der Waals surface area contributed by atoms with E-state index in [0.717, 1.165) is 12.1 Å². The van der Waals surface area contributed by atoms with Crippen LogP contribution < -0.4 is 5.56 Å². The zero-order valence-electron chi connectivity index (χ0n) is 19.6. The SMILES string of the molecule is Cc1nc2c(-c3ccc(F)cc3F)nc([C@H]3CCO[C@@H](c4cnn(CC(F)F)c4)C3)cn2c(=O)c1C. The lowest BCUT2D eigenvalue weighted by atomic mass is 9.90. The van der Waals surface area contributed by atoms with E-state index in [9.17, 15) is 22.4 Å². The fourth-order valence-electron chi connectivity index (χ4n) is 4.50. The molecule has 0 saturated carbocycles. The Balaban J connectivity index is 1.59. The first kappa shape index (κ1) is 24.1. The Morgan fingerprint density at radius 3 is 2.72 bits per heavy atom. The van der Waals surface area contributed by atoms with E-state index in [2.05, 4.69) is 10.1 Å². The summed E-state index contributed by atoms with van der Waals surface area (Å²) in [6.45, 7) is 3.21. The standard InChI is InChI=1S/C25H23F4N5O2/c1-13-14(2)31-24-23(18-4-3-17(26)8-19(18)27)32-20(11-34(24)25(13)35)15-5-6-36-21(7-15)16-9-30-33(10-16)12-22(28)29/h3-4,8-11,15,21-22H,5-7,12H2,1-2H3/t15-,21+/m0/s1. The Bertz CT molecular complexity index is 1500. The van der Waals surface area contributed by atoms with Crippen LogP contribution in [0.3, 0.4) is 0 Å². The van der Waals surface area contributed by atoms with Gasteiger partial charge in [0.2, 0.25) is 0 Å². The van der Waals surface area contributed by atoms with Crippen molar-refractivity contribution in [1.82, 2.24) is 24.1 Å². The summed E-state index contributed by atoms with van der Waals surface area (Å²) < 4.78 is 62.3. The molecule has 0 amide bonds. The van der Waals surface area contributed by atoms with E-state index in [4.69, 9.17) is 9.72 Å². The van der Waals surface area contributed by atoms with Gasteiger partial charge in [-0.3, -0.25) is 13.9 Å². The Kier molecular flexibility index (Phi) is 6.33. The van der Waals surface area contributed by atoms with Crippen molar-refractivity contribution in [3.05, 3.63) is 81.3 Å². The van der Waals surface area contributed by atoms with E-state index < -0.39 is 30.7 Å². The maximum absolute atomic E-state index is 14.8. The van der Waals surface area contributed by atoms with Crippen molar-refractivity contribution in [3.8, 4) is 11.3 Å². The van der Waals surface area contributed by atoms with Crippen LogP contribution in [0.25, 0.3) is 16.9 Å². The number of ether oxygens (including phenoxy) is 1. The summed E-state index contributed by atoms with van der Waals surface area (Å²) in [4.78, 5) is 22.3. The van der Waals surface area contributed by atoms with Gasteiger partial charge in [-0.2, -0.15) is 5.10 Å². The normalized spacial score (nSPS) is 18.3. The third-order valence-corrected chi connectivity index (χ3v) is 6.54. The minimum atomic E-state index is -2.52. The van der Waals surface area contributed by atoms with Gasteiger partial charge in [-0.25, -0.2) is 27.5 Å². The topological polar surface area (TPSA) is 74.3 Å². The smallest absolute Gasteiger partial charge is 0.261 e. The first-order valence-corrected chi connectivity index (χ1v) is 11.5. The molecule has 0 bridgehead atoms. The summed E-state index contributed by atoms with van der Waals surface area (Å²) >= 11 is 0. The highest BCUT2D eigenvalue weighted by Gasteiger charge is 2.29. The zero-order valence-corrected chi connectivity index (χ0v) is 19.6. The molecule has 1 aliphatic heterocycles. The van der Waals surface area contributed by atoms with Crippen molar-refractivity contribution in [2.45, 2.75) is 51.7 Å². The lowest BCUT2D eigenvalue weighted by molar-refractivity contribution is 0.00447. The molecule has 1 saturated heterocycles. The molecule has 3 aromatic heterocycles. The monoisotopic (exact) mass is 501 g/mol. The Morgan fingerprint density at radius 1 is 1.17 bits per heavy atom. The molecule has 5 rings (SSSR count). The molecule has 4 heterocycles. The maximum Gasteiger partial charge on any atom is 0.261 e. The number of halogens is 4. The molecule has 0 N–H and O–H groups in total. The van der Waals surface area contributed by atoms with Gasteiger partial charge in [-0.15, -0.1) is 0 Å². The molecule has 0 unspecified atom stereocenters. The molecule has 0 aliphatic carbocycles. The predicted octanol–water partition coefficient (Wildman–Crippen LogP) is 4.75. The minimum Gasteiger partial charge on any atom is -0.373 e. The van der Waals surface area contributed by atoms with Gasteiger partial charge in [-0.05, 0) is 38.8 Å². The third kappa shape index (κ3) is 4.50. The van der Waals surface area contributed by atoms with Gasteiger partial charge in [0.15, 0.2) is 5.65 Å². The fraction of sp³-hybridized carbons (Fsp3) is 0.360. The highest BCUT2D eigenvalue weighted by molar-refractivity contribution is 5.74. The molecule has 0 radical (unpaired) electrons. The molecule has 1 aliphatic rings. The molecule has 11 heteroatoms. The highest BCUT2D eigenvalue weighted by atomic mass is 19.3. The van der Waals surface area contributed by atoms with Crippen molar-refractivity contribution in [3.63, 3.8) is 0 Å². The fourth-order valence-corrected chi connectivity index (χ4v) is 4.50. The van der Waals surface area contributed by atoms with Gasteiger partial charge in [0, 0.05) is 53.4 Å². The molecular weight excluding hydrogens is 478 g/mol. The number of benzene rings is 1. The second kappa shape index (κ2) is 9.45. The van der Waals surface area contributed by atoms with Crippen LogP contribution in [0.5, 0.6) is 0 Å². The molecule has 1 aromatic carbocycles. The van der Waals surface area contributed by atoms with E-state index in [1.165, 1.54) is 27.5 Å². The van der Waals surface area contributed by atoms with Crippen LogP contribution in [0.1, 0.15) is 47.4 Å². The van der Waals surface area contributed by atoms with Gasteiger partial charge in [-0.1, -0.05) is 0 Å². The van der Waals surface area contributed by atoms with Crippen LogP contribution in [-0.2, 0) is 11.3 Å². The van der Waals surface area contributed by atoms with Crippen LogP contribution in [-0.4, -0.2) is 37.2 Å². The zero-order chi connectivity index (χ0) is 25.6. The maximum atomic E-state index is 14.8. The number of hydrogen-bond donors (Lipinski definition) is 0. The van der Waals surface area contributed by atoms with Gasteiger partial charge < -0.3 is 4.74 Å². The summed E-state index contributed by atoms with van der Waals surface area (Å²) in [5.74, 6) is -1.72. The van der Waals surface area contributed by atoms with E-state index >= 15 is 0 Å². The molecule has 7 nitrogen and oxygen atoms in total. The number of nitrogens with zero attached hydrogens (tertiary/aromatic N) is 5. The first-order chi connectivity index (χ1) is 17.2. The van der Waals surface area contributed by atoms with E-state index in [-0.39, 0.29) is 28.4 Å². The van der Waals surface area contributed by atoms with Crippen molar-refractivity contribution < 1.29 is 22.3 Å². The quantitative estimate of drug-likeness (QED) is 0.369. The van der Waals surface area contributed by atoms with Crippen LogP contribution >= 0.6 is 0 Å². The van der Waals surface area contributed by atoms with Gasteiger partial charge >= 0.3 is 0 Å². The lowest BCUT2D eigenvalue weighted by Crippen LogP contribution is -2.24. The molecule has 4 aromatic rings. The second-order valence-corrected chi connectivity index (χ2v) is 8.93. The summed E-state index contributed by atoms with van der Waals surface area (Å²) in [6, 6.07) is 3.17. The van der Waals surface area contributed by atoms with Gasteiger partial charge in [0.25, 0.3) is 12.0 Å². The largest absolute Gasteiger partial charge is 0.373 e. The predicted molar refractivity (Wildman–Crippen MR) is 123 cm³/mol. The van der Waals surface area contributed by atoms with Crippen molar-refractivity contribution in [1.29, 1.82) is 0 Å². The van der Waals surface area contributed by atoms with Crippen LogP contribution in [0.2, 0.25) is 0 Å². The summed E-state index contributed by atoms with van der Waals surface area (Å²) in [5, 5.41) is 3.99. The third-order valence-electron chi connectivity index (χ3n) is 6.54. The number of alkyl halides is 2. The van der Waals surface area contributed by atoms with Crippen molar-refractivity contribution in [2.75, 3.05) is 6.61 Å². The number of rotatable bonds is 5. The van der Waals surface area contributed by atoms with Crippen LogP contribution in [0.15, 0.2) is 41.6 Å². The van der Waals surface area contributed by atoms with E-state index in [1.807, 2.05) is 0 Å². The molecular formula is C25H23F4N5O2. The Hall–Kier alpha value is -3.60. The van der Waals surface area contributed by atoms with Crippen LogP contribution in [0, 0.1) is 25.5 Å². The summed E-state index contributed by atoms with van der Waals surface area (Å²) in [6.07, 6.45) is 2.75. The molecule has 2 atom stereocenters. The minimum absolute atomic E-state index is 0.0304. The first-order valence-electron chi connectivity index (χ1n) is 11.5. The van der Waals surface area contributed by atoms with E-state index in [1.54, 1.807) is 20.0 Å². The van der Waals surface area contributed by atoms with Gasteiger partial charge in [0.1, 0.15) is 23.9 Å².